The molecule has 32 heavy (non-hydrogen) atoms. The van der Waals surface area contributed by atoms with Crippen LogP contribution in [0, 0.1) is 23.7 Å². The number of benzene rings is 2. The summed E-state index contributed by atoms with van der Waals surface area (Å²) in [5.74, 6) is 13.3. The summed E-state index contributed by atoms with van der Waals surface area (Å²) in [6, 6.07) is 19.0. The third kappa shape index (κ3) is 7.38. The van der Waals surface area contributed by atoms with E-state index in [1.54, 1.807) is 0 Å². The van der Waals surface area contributed by atoms with E-state index in [0.29, 0.717) is 0 Å². The van der Waals surface area contributed by atoms with E-state index >= 15 is 0 Å². The first-order chi connectivity index (χ1) is 15.3. The van der Waals surface area contributed by atoms with Crippen LogP contribution in [0.1, 0.15) is 16.7 Å². The Morgan fingerprint density at radius 3 is 2.00 bits per heavy atom. The Labute approximate surface area is 198 Å². The Morgan fingerprint density at radius 1 is 0.750 bits per heavy atom. The smallest absolute Gasteiger partial charge is 0.141 e. The van der Waals surface area contributed by atoms with E-state index in [1.165, 1.54) is 5.56 Å². The van der Waals surface area contributed by atoms with Crippen LogP contribution in [0.2, 0.25) is 0 Å². The highest BCUT2D eigenvalue weighted by Crippen LogP contribution is 2.17. The molecule has 4 nitrogen and oxygen atoms in total. The molecule has 2 aromatic rings. The summed E-state index contributed by atoms with van der Waals surface area (Å²) in [7, 11) is 0. The van der Waals surface area contributed by atoms with Gasteiger partial charge in [0.05, 0.1) is 33.0 Å². The second-order valence-corrected chi connectivity index (χ2v) is 8.27. The van der Waals surface area contributed by atoms with Gasteiger partial charge in [-0.05, 0) is 30.2 Å². The molecule has 168 valence electrons. The fourth-order valence-corrected chi connectivity index (χ4v) is 4.03. The van der Waals surface area contributed by atoms with Gasteiger partial charge < -0.3 is 26.4 Å². The van der Waals surface area contributed by atoms with Gasteiger partial charge in [0, 0.05) is 29.8 Å². The van der Waals surface area contributed by atoms with Gasteiger partial charge >= 0.3 is 0 Å². The molecule has 4 rings (SSSR count). The van der Waals surface area contributed by atoms with E-state index < -0.39 is 0 Å². The van der Waals surface area contributed by atoms with E-state index in [1.807, 2.05) is 0 Å². The Balaban J connectivity index is 0.00000289. The molecule has 0 amide bonds. The van der Waals surface area contributed by atoms with Crippen molar-refractivity contribution >= 4 is 0 Å². The quantitative estimate of drug-likeness (QED) is 0.474. The molecule has 0 aliphatic carbocycles. The summed E-state index contributed by atoms with van der Waals surface area (Å²) in [6.07, 6.45) is 0. The maximum Gasteiger partial charge on any atom is 0.141 e. The highest BCUT2D eigenvalue weighted by Gasteiger charge is 2.29. The zero-order chi connectivity index (χ0) is 21.2. The number of ether oxygens (including phenoxy) is 2. The highest BCUT2D eigenvalue weighted by molar-refractivity contribution is 5.42. The fraction of sp³-hybridized carbons (Fsp3) is 0.407. The lowest BCUT2D eigenvalue weighted by Gasteiger charge is -2.40. The molecule has 2 aromatic carbocycles. The van der Waals surface area contributed by atoms with Crippen LogP contribution in [-0.2, 0) is 16.0 Å². The van der Waals surface area contributed by atoms with Crippen LogP contribution >= 0.6 is 0 Å². The second-order valence-electron chi connectivity index (χ2n) is 8.27. The maximum atomic E-state index is 5.63. The van der Waals surface area contributed by atoms with E-state index in [4.69, 9.17) is 9.47 Å². The van der Waals surface area contributed by atoms with E-state index in [9.17, 15) is 0 Å². The molecule has 0 aromatic heterocycles. The Morgan fingerprint density at radius 2 is 1.34 bits per heavy atom. The average molecular weight is 451 g/mol. The Hall–Kier alpha value is -2.31. The van der Waals surface area contributed by atoms with Crippen LogP contribution < -0.4 is 12.4 Å². The molecule has 2 aliphatic heterocycles. The fourth-order valence-electron chi connectivity index (χ4n) is 4.03. The molecule has 0 unspecified atom stereocenters. The van der Waals surface area contributed by atoms with Crippen molar-refractivity contribution in [2.24, 2.45) is 0 Å². The number of rotatable bonds is 4. The molecule has 0 atom stereocenters. The lowest BCUT2D eigenvalue weighted by molar-refractivity contribution is -0.941. The molecule has 5 heteroatoms. The Kier molecular flexibility index (Phi) is 9.62. The van der Waals surface area contributed by atoms with Crippen LogP contribution in [0.5, 0.6) is 0 Å². The first-order valence-electron chi connectivity index (χ1n) is 11.2. The normalized spacial score (nSPS) is 17.8. The van der Waals surface area contributed by atoms with Crippen LogP contribution in [0.4, 0.5) is 0 Å². The van der Waals surface area contributed by atoms with Crippen molar-refractivity contribution in [3.8, 4) is 23.7 Å². The molecule has 2 heterocycles. The van der Waals surface area contributed by atoms with Gasteiger partial charge in [0.1, 0.15) is 26.2 Å². The molecule has 0 N–H and O–H groups in total. The molecule has 2 saturated heterocycles. The largest absolute Gasteiger partial charge is 1.00 e. The minimum absolute atomic E-state index is 0. The summed E-state index contributed by atoms with van der Waals surface area (Å²) in [5.41, 5.74) is 3.45. The average Bonchev–Trinajstić information content (AvgIpc) is 2.82. The number of quaternary nitrogens is 1. The highest BCUT2D eigenvalue weighted by atomic mass is 35.5. The van der Waals surface area contributed by atoms with Gasteiger partial charge in [0.2, 0.25) is 0 Å². The van der Waals surface area contributed by atoms with Crippen LogP contribution in [0.15, 0.2) is 54.6 Å². The van der Waals surface area contributed by atoms with Crippen LogP contribution in [0.3, 0.4) is 0 Å². The summed E-state index contributed by atoms with van der Waals surface area (Å²) < 4.78 is 12.0. The van der Waals surface area contributed by atoms with E-state index in [2.05, 4.69) is 83.2 Å². The van der Waals surface area contributed by atoms with Gasteiger partial charge in [0.25, 0.3) is 0 Å². The minimum Gasteiger partial charge on any atom is -1.00 e. The standard InChI is InChI=1S/C27H31N2O2.ClH/c1-2-6-27(7-3-1)24-29(18-22-31-23-19-29)17-5-9-26-12-10-25(11-13-26)8-4-14-28-15-20-30-21-16-28;/h1-3,6-7,10-13H,14-24H2;1H/q+1;/p-1. The summed E-state index contributed by atoms with van der Waals surface area (Å²) in [6.45, 7) is 9.88. The van der Waals surface area contributed by atoms with Gasteiger partial charge in [0.15, 0.2) is 0 Å². The SMILES string of the molecule is C(#Cc1ccc(C#CC[N+]2(Cc3ccccc3)CCOCC2)cc1)CN1CCOCC1.[Cl-]. The van der Waals surface area contributed by atoms with Crippen molar-refractivity contribution in [3.05, 3.63) is 71.3 Å². The minimum atomic E-state index is 0. The zero-order valence-corrected chi connectivity index (χ0v) is 19.3. The number of hydrogen-bond donors (Lipinski definition) is 0. The predicted octanol–water partition coefficient (Wildman–Crippen LogP) is -0.227. The van der Waals surface area contributed by atoms with Gasteiger partial charge in [-0.25, -0.2) is 0 Å². The number of hydrogen-bond acceptors (Lipinski definition) is 3. The van der Waals surface area contributed by atoms with Crippen molar-refractivity contribution < 1.29 is 26.4 Å². The Bertz CT molecular complexity index is 942. The van der Waals surface area contributed by atoms with Gasteiger partial charge in [-0.1, -0.05) is 48.1 Å². The molecule has 0 bridgehead atoms. The number of morpholine rings is 2. The summed E-state index contributed by atoms with van der Waals surface area (Å²) in [5, 5.41) is 0. The van der Waals surface area contributed by atoms with Crippen molar-refractivity contribution in [2.75, 3.05) is 65.7 Å². The maximum absolute atomic E-state index is 5.63. The topological polar surface area (TPSA) is 21.7 Å². The first kappa shape index (κ1) is 24.3. The molecule has 0 radical (unpaired) electrons. The van der Waals surface area contributed by atoms with Crippen molar-refractivity contribution in [1.29, 1.82) is 0 Å². The lowest BCUT2D eigenvalue weighted by atomic mass is 10.1. The third-order valence-electron chi connectivity index (χ3n) is 5.95. The van der Waals surface area contributed by atoms with Crippen molar-refractivity contribution in [1.82, 2.24) is 4.90 Å². The summed E-state index contributed by atoms with van der Waals surface area (Å²) >= 11 is 0. The number of halogens is 1. The zero-order valence-electron chi connectivity index (χ0n) is 18.6. The molecular weight excluding hydrogens is 420 g/mol. The van der Waals surface area contributed by atoms with E-state index in [0.717, 1.165) is 87.9 Å². The van der Waals surface area contributed by atoms with Gasteiger partial charge in [-0.2, -0.15) is 0 Å². The summed E-state index contributed by atoms with van der Waals surface area (Å²) in [4.78, 5) is 2.33. The molecular formula is C27H31ClN2O2. The lowest BCUT2D eigenvalue weighted by Crippen LogP contribution is -3.00. The van der Waals surface area contributed by atoms with Crippen molar-refractivity contribution in [3.63, 3.8) is 0 Å². The molecule has 2 aliphatic rings. The van der Waals surface area contributed by atoms with Gasteiger partial charge in [-0.3, -0.25) is 4.90 Å². The molecule has 0 spiro atoms. The monoisotopic (exact) mass is 450 g/mol. The molecule has 2 fully saturated rings. The van der Waals surface area contributed by atoms with E-state index in [-0.39, 0.29) is 12.4 Å². The number of nitrogens with zero attached hydrogens (tertiary/aromatic N) is 2. The molecule has 0 saturated carbocycles. The predicted molar refractivity (Wildman–Crippen MR) is 123 cm³/mol. The van der Waals surface area contributed by atoms with Gasteiger partial charge in [-0.15, -0.1) is 0 Å². The second kappa shape index (κ2) is 12.7. The third-order valence-corrected chi connectivity index (χ3v) is 5.95. The van der Waals surface area contributed by atoms with Crippen molar-refractivity contribution in [2.45, 2.75) is 6.54 Å². The first-order valence-corrected chi connectivity index (χ1v) is 11.2. The van der Waals surface area contributed by atoms with Crippen LogP contribution in [0.25, 0.3) is 0 Å². The van der Waals surface area contributed by atoms with Crippen LogP contribution in [-0.4, -0.2) is 75.1 Å².